The number of hydrogen-bond acceptors (Lipinski definition) is 2. The summed E-state index contributed by atoms with van der Waals surface area (Å²) in [5.74, 6) is 0.883. The average molecular weight is 246 g/mol. The van der Waals surface area contributed by atoms with E-state index in [1.165, 1.54) is 44.2 Å². The van der Waals surface area contributed by atoms with Gasteiger partial charge in [0, 0.05) is 18.3 Å². The Balaban J connectivity index is 1.86. The molecule has 2 rings (SSSR count). The quantitative estimate of drug-likeness (QED) is 0.854. The third-order valence-corrected chi connectivity index (χ3v) is 4.15. The first-order valence-corrected chi connectivity index (χ1v) is 7.45. The molecule has 1 aromatic rings. The molecule has 0 aromatic carbocycles. The minimum Gasteiger partial charge on any atom is -0.308 e. The van der Waals surface area contributed by atoms with Gasteiger partial charge in [0.25, 0.3) is 0 Å². The van der Waals surface area contributed by atoms with Gasteiger partial charge in [0.2, 0.25) is 0 Å². The van der Waals surface area contributed by atoms with Crippen molar-refractivity contribution in [2.75, 3.05) is 0 Å². The Bertz CT molecular complexity index is 356. The van der Waals surface area contributed by atoms with Gasteiger partial charge in [-0.25, -0.2) is 0 Å². The maximum Gasteiger partial charge on any atom is 0.0544 e. The first kappa shape index (κ1) is 13.5. The number of aryl methyl sites for hydroxylation is 1. The van der Waals surface area contributed by atoms with E-state index in [1.54, 1.807) is 0 Å². The fraction of sp³-hybridized carbons (Fsp3) is 0.688. The van der Waals surface area contributed by atoms with Crippen LogP contribution in [0.15, 0.2) is 18.2 Å². The van der Waals surface area contributed by atoms with E-state index >= 15 is 0 Å². The molecule has 1 aliphatic rings. The summed E-state index contributed by atoms with van der Waals surface area (Å²) in [4.78, 5) is 4.56. The first-order chi connectivity index (χ1) is 8.79. The molecule has 1 unspecified atom stereocenters. The second kappa shape index (κ2) is 6.89. The van der Waals surface area contributed by atoms with Crippen LogP contribution in [0.5, 0.6) is 0 Å². The number of aromatic nitrogens is 1. The van der Waals surface area contributed by atoms with E-state index in [4.69, 9.17) is 0 Å². The molecular formula is C16H26N2. The van der Waals surface area contributed by atoms with Crippen LogP contribution in [0.25, 0.3) is 0 Å². The highest BCUT2D eigenvalue weighted by atomic mass is 14.9. The van der Waals surface area contributed by atoms with Gasteiger partial charge in [-0.05, 0) is 44.2 Å². The highest BCUT2D eigenvalue weighted by Gasteiger charge is 2.21. The van der Waals surface area contributed by atoms with Crippen molar-refractivity contribution in [3.8, 4) is 0 Å². The Morgan fingerprint density at radius 2 is 2.06 bits per heavy atom. The molecule has 2 nitrogen and oxygen atoms in total. The van der Waals surface area contributed by atoms with E-state index in [-0.39, 0.29) is 0 Å². The van der Waals surface area contributed by atoms with E-state index in [1.807, 2.05) is 0 Å². The summed E-state index contributed by atoms with van der Waals surface area (Å²) in [5, 5.41) is 3.72. The predicted molar refractivity (Wildman–Crippen MR) is 76.5 cm³/mol. The third-order valence-electron chi connectivity index (χ3n) is 4.15. The van der Waals surface area contributed by atoms with Crippen molar-refractivity contribution >= 4 is 0 Å². The first-order valence-electron chi connectivity index (χ1n) is 7.45. The summed E-state index contributed by atoms with van der Waals surface area (Å²) < 4.78 is 0. The van der Waals surface area contributed by atoms with E-state index in [0.29, 0.717) is 6.04 Å². The van der Waals surface area contributed by atoms with Crippen molar-refractivity contribution in [3.05, 3.63) is 29.6 Å². The SMILES string of the molecule is CCC(NCc1cccc(C)n1)C1CCCCC1. The molecule has 2 heteroatoms. The molecule has 0 spiro atoms. The summed E-state index contributed by atoms with van der Waals surface area (Å²) >= 11 is 0. The van der Waals surface area contributed by atoms with Crippen LogP contribution in [0.4, 0.5) is 0 Å². The summed E-state index contributed by atoms with van der Waals surface area (Å²) in [5.41, 5.74) is 2.28. The topological polar surface area (TPSA) is 24.9 Å². The number of pyridine rings is 1. The van der Waals surface area contributed by atoms with Gasteiger partial charge < -0.3 is 5.32 Å². The number of hydrogen-bond donors (Lipinski definition) is 1. The van der Waals surface area contributed by atoms with Crippen LogP contribution < -0.4 is 5.32 Å². The summed E-state index contributed by atoms with van der Waals surface area (Å²) in [6.45, 7) is 5.27. The van der Waals surface area contributed by atoms with Crippen molar-refractivity contribution in [2.45, 2.75) is 65.0 Å². The van der Waals surface area contributed by atoms with Crippen LogP contribution in [0.3, 0.4) is 0 Å². The third kappa shape index (κ3) is 3.81. The lowest BCUT2D eigenvalue weighted by Crippen LogP contribution is -2.36. The van der Waals surface area contributed by atoms with Gasteiger partial charge >= 0.3 is 0 Å². The molecule has 1 heterocycles. The Labute approximate surface area is 111 Å². The zero-order valence-electron chi connectivity index (χ0n) is 11.8. The molecule has 1 N–H and O–H groups in total. The van der Waals surface area contributed by atoms with Crippen molar-refractivity contribution in [2.24, 2.45) is 5.92 Å². The molecule has 1 aliphatic carbocycles. The maximum atomic E-state index is 4.56. The predicted octanol–water partition coefficient (Wildman–Crippen LogP) is 3.84. The summed E-state index contributed by atoms with van der Waals surface area (Å²) in [6, 6.07) is 6.95. The molecule has 0 amide bonds. The molecule has 0 saturated heterocycles. The monoisotopic (exact) mass is 246 g/mol. The van der Waals surface area contributed by atoms with Crippen LogP contribution in [0.2, 0.25) is 0 Å². The Morgan fingerprint density at radius 3 is 2.72 bits per heavy atom. The molecule has 0 aliphatic heterocycles. The van der Waals surface area contributed by atoms with Gasteiger partial charge in [0.05, 0.1) is 5.69 Å². The highest BCUT2D eigenvalue weighted by molar-refractivity contribution is 5.09. The Morgan fingerprint density at radius 1 is 1.28 bits per heavy atom. The van der Waals surface area contributed by atoms with Crippen LogP contribution in [-0.2, 0) is 6.54 Å². The summed E-state index contributed by atoms with van der Waals surface area (Å²) in [6.07, 6.45) is 8.33. The molecule has 1 atom stereocenters. The van der Waals surface area contributed by atoms with Crippen LogP contribution in [0, 0.1) is 12.8 Å². The second-order valence-electron chi connectivity index (χ2n) is 5.56. The summed E-state index contributed by atoms with van der Waals surface area (Å²) in [7, 11) is 0. The lowest BCUT2D eigenvalue weighted by Gasteiger charge is -2.30. The van der Waals surface area contributed by atoms with Gasteiger partial charge in [-0.1, -0.05) is 32.3 Å². The fourth-order valence-electron chi connectivity index (χ4n) is 3.11. The van der Waals surface area contributed by atoms with E-state index in [0.717, 1.165) is 18.2 Å². The number of rotatable bonds is 5. The Hall–Kier alpha value is -0.890. The standard InChI is InChI=1S/C16H26N2/c1-3-16(14-9-5-4-6-10-14)17-12-15-11-7-8-13(2)18-15/h7-8,11,14,16-17H,3-6,9-10,12H2,1-2H3. The molecule has 18 heavy (non-hydrogen) atoms. The Kier molecular flexibility index (Phi) is 5.18. The molecule has 1 saturated carbocycles. The van der Waals surface area contributed by atoms with Crippen molar-refractivity contribution in [3.63, 3.8) is 0 Å². The lowest BCUT2D eigenvalue weighted by molar-refractivity contribution is 0.261. The fourth-order valence-corrected chi connectivity index (χ4v) is 3.11. The normalized spacial score (nSPS) is 18.8. The average Bonchev–Trinajstić information content (AvgIpc) is 2.41. The van der Waals surface area contributed by atoms with E-state index in [2.05, 4.69) is 42.3 Å². The van der Waals surface area contributed by atoms with Gasteiger partial charge in [-0.3, -0.25) is 4.98 Å². The molecule has 1 aromatic heterocycles. The number of nitrogens with zero attached hydrogens (tertiary/aromatic N) is 1. The van der Waals surface area contributed by atoms with Gasteiger partial charge in [-0.2, -0.15) is 0 Å². The minimum atomic E-state index is 0.674. The maximum absolute atomic E-state index is 4.56. The molecule has 0 bridgehead atoms. The van der Waals surface area contributed by atoms with Crippen molar-refractivity contribution in [1.82, 2.24) is 10.3 Å². The van der Waals surface area contributed by atoms with Crippen molar-refractivity contribution < 1.29 is 0 Å². The van der Waals surface area contributed by atoms with Crippen LogP contribution >= 0.6 is 0 Å². The van der Waals surface area contributed by atoms with Crippen molar-refractivity contribution in [1.29, 1.82) is 0 Å². The van der Waals surface area contributed by atoms with Gasteiger partial charge in [-0.15, -0.1) is 0 Å². The molecule has 1 fully saturated rings. The second-order valence-corrected chi connectivity index (χ2v) is 5.56. The van der Waals surface area contributed by atoms with Gasteiger partial charge in [0.1, 0.15) is 0 Å². The number of nitrogens with one attached hydrogen (secondary N) is 1. The zero-order chi connectivity index (χ0) is 12.8. The smallest absolute Gasteiger partial charge is 0.0544 e. The minimum absolute atomic E-state index is 0.674. The molecule has 100 valence electrons. The van der Waals surface area contributed by atoms with Crippen LogP contribution in [-0.4, -0.2) is 11.0 Å². The zero-order valence-corrected chi connectivity index (χ0v) is 11.8. The van der Waals surface area contributed by atoms with Crippen LogP contribution in [0.1, 0.15) is 56.8 Å². The molecular weight excluding hydrogens is 220 g/mol. The largest absolute Gasteiger partial charge is 0.308 e. The molecule has 0 radical (unpaired) electrons. The van der Waals surface area contributed by atoms with E-state index in [9.17, 15) is 0 Å². The van der Waals surface area contributed by atoms with E-state index < -0.39 is 0 Å². The van der Waals surface area contributed by atoms with Gasteiger partial charge in [0.15, 0.2) is 0 Å². The highest BCUT2D eigenvalue weighted by Crippen LogP contribution is 2.27. The lowest BCUT2D eigenvalue weighted by atomic mass is 9.83.